The minimum Gasteiger partial charge on any atom is -0.493 e. The molecule has 0 spiro atoms. The van der Waals surface area contributed by atoms with Crippen molar-refractivity contribution in [2.75, 3.05) is 26.7 Å². The van der Waals surface area contributed by atoms with Crippen molar-refractivity contribution in [1.29, 1.82) is 0 Å². The van der Waals surface area contributed by atoms with E-state index in [1.807, 2.05) is 0 Å². The molecule has 2 aliphatic heterocycles. The first-order chi connectivity index (χ1) is 10.3. The number of ether oxygens (including phenoxy) is 1. The quantitative estimate of drug-likeness (QED) is 0.924. The van der Waals surface area contributed by atoms with Gasteiger partial charge in [-0.15, -0.1) is 0 Å². The van der Waals surface area contributed by atoms with Gasteiger partial charge in [-0.25, -0.2) is 0 Å². The molecule has 1 aromatic carbocycles. The molecule has 3 rings (SSSR count). The molecule has 0 bridgehead atoms. The van der Waals surface area contributed by atoms with Gasteiger partial charge in [0.15, 0.2) is 0 Å². The largest absolute Gasteiger partial charge is 0.493 e. The Labute approximate surface area is 128 Å². The summed E-state index contributed by atoms with van der Waals surface area (Å²) in [5, 5.41) is 3.82. The first kappa shape index (κ1) is 14.9. The summed E-state index contributed by atoms with van der Waals surface area (Å²) in [6.07, 6.45) is 6.36. The number of likely N-dealkylation sites (tertiary alicyclic amines) is 1. The van der Waals surface area contributed by atoms with Gasteiger partial charge in [-0.3, -0.25) is 0 Å². The van der Waals surface area contributed by atoms with Crippen LogP contribution in [-0.2, 0) is 0 Å². The Morgan fingerprint density at radius 3 is 3.00 bits per heavy atom. The topological polar surface area (TPSA) is 24.5 Å². The number of piperidine rings is 1. The zero-order chi connectivity index (χ0) is 14.7. The molecule has 0 aromatic heterocycles. The third-order valence-corrected chi connectivity index (χ3v) is 5.02. The monoisotopic (exact) mass is 288 g/mol. The zero-order valence-electron chi connectivity index (χ0n) is 13.4. The predicted octanol–water partition coefficient (Wildman–Crippen LogP) is 3.28. The van der Waals surface area contributed by atoms with E-state index in [4.69, 9.17) is 4.74 Å². The fourth-order valence-corrected chi connectivity index (χ4v) is 3.66. The van der Waals surface area contributed by atoms with E-state index in [-0.39, 0.29) is 0 Å². The van der Waals surface area contributed by atoms with Crippen molar-refractivity contribution in [2.45, 2.75) is 51.1 Å². The maximum atomic E-state index is 5.97. The van der Waals surface area contributed by atoms with Crippen LogP contribution in [0.1, 0.15) is 49.3 Å². The Kier molecular flexibility index (Phi) is 4.81. The highest BCUT2D eigenvalue weighted by atomic mass is 16.5. The molecule has 1 aromatic rings. The van der Waals surface area contributed by atoms with E-state index in [1.165, 1.54) is 43.4 Å². The number of likely N-dealkylation sites (N-methyl/N-ethyl adjacent to an activating group) is 1. The highest BCUT2D eigenvalue weighted by Crippen LogP contribution is 2.34. The van der Waals surface area contributed by atoms with Gasteiger partial charge in [-0.1, -0.05) is 24.6 Å². The SMILES string of the molecule is Cc1cccc2c1OCCCC2NCC1CCCCN1C. The van der Waals surface area contributed by atoms with E-state index in [0.29, 0.717) is 12.1 Å². The fourth-order valence-electron chi connectivity index (χ4n) is 3.66. The van der Waals surface area contributed by atoms with E-state index in [0.717, 1.165) is 25.3 Å². The first-order valence-corrected chi connectivity index (χ1v) is 8.41. The van der Waals surface area contributed by atoms with E-state index in [9.17, 15) is 0 Å². The standard InChI is InChI=1S/C18H28N2O/c1-14-7-5-9-16-17(10-6-12-21-18(14)16)19-13-15-8-3-4-11-20(15)2/h5,7,9,15,17,19H,3-4,6,8,10-13H2,1-2H3. The van der Waals surface area contributed by atoms with Gasteiger partial charge in [0.05, 0.1) is 6.61 Å². The molecule has 3 nitrogen and oxygen atoms in total. The summed E-state index contributed by atoms with van der Waals surface area (Å²) in [6.45, 7) is 5.33. The number of rotatable bonds is 3. The highest BCUT2D eigenvalue weighted by molar-refractivity contribution is 5.43. The van der Waals surface area contributed by atoms with Crippen LogP contribution in [0.3, 0.4) is 0 Å². The van der Waals surface area contributed by atoms with Crippen molar-refractivity contribution in [3.63, 3.8) is 0 Å². The summed E-state index contributed by atoms with van der Waals surface area (Å²) < 4.78 is 5.97. The molecule has 2 atom stereocenters. The summed E-state index contributed by atoms with van der Waals surface area (Å²) >= 11 is 0. The number of aryl methyl sites for hydroxylation is 1. The molecule has 0 radical (unpaired) electrons. The second kappa shape index (κ2) is 6.80. The van der Waals surface area contributed by atoms with E-state index in [1.54, 1.807) is 0 Å². The minimum absolute atomic E-state index is 0.442. The van der Waals surface area contributed by atoms with Crippen molar-refractivity contribution in [2.24, 2.45) is 0 Å². The molecule has 21 heavy (non-hydrogen) atoms. The molecular weight excluding hydrogens is 260 g/mol. The molecule has 0 aliphatic carbocycles. The highest BCUT2D eigenvalue weighted by Gasteiger charge is 2.23. The summed E-state index contributed by atoms with van der Waals surface area (Å²) in [5.41, 5.74) is 2.61. The molecule has 1 saturated heterocycles. The van der Waals surface area contributed by atoms with Crippen LogP contribution < -0.4 is 10.1 Å². The molecule has 116 valence electrons. The van der Waals surface area contributed by atoms with Gasteiger partial charge in [-0.2, -0.15) is 0 Å². The summed E-state index contributed by atoms with van der Waals surface area (Å²) in [4.78, 5) is 2.51. The Morgan fingerprint density at radius 2 is 2.14 bits per heavy atom. The van der Waals surface area contributed by atoms with E-state index < -0.39 is 0 Å². The minimum atomic E-state index is 0.442. The van der Waals surface area contributed by atoms with Gasteiger partial charge < -0.3 is 15.0 Å². The molecule has 1 N–H and O–H groups in total. The molecular formula is C18H28N2O. The molecule has 1 fully saturated rings. The van der Waals surface area contributed by atoms with Gasteiger partial charge in [0.25, 0.3) is 0 Å². The predicted molar refractivity (Wildman–Crippen MR) is 86.9 cm³/mol. The molecule has 0 saturated carbocycles. The Morgan fingerprint density at radius 1 is 1.24 bits per heavy atom. The van der Waals surface area contributed by atoms with Crippen LogP contribution in [0.5, 0.6) is 5.75 Å². The molecule has 0 amide bonds. The van der Waals surface area contributed by atoms with Gasteiger partial charge >= 0.3 is 0 Å². The molecule has 3 heteroatoms. The van der Waals surface area contributed by atoms with Crippen LogP contribution in [0, 0.1) is 6.92 Å². The lowest BCUT2D eigenvalue weighted by Gasteiger charge is -2.34. The summed E-state index contributed by atoms with van der Waals surface area (Å²) in [5.74, 6) is 1.12. The van der Waals surface area contributed by atoms with Crippen LogP contribution in [0.15, 0.2) is 18.2 Å². The van der Waals surface area contributed by atoms with Crippen LogP contribution in [0.4, 0.5) is 0 Å². The lowest BCUT2D eigenvalue weighted by Crippen LogP contribution is -2.43. The van der Waals surface area contributed by atoms with Crippen LogP contribution in [-0.4, -0.2) is 37.7 Å². The number of nitrogens with zero attached hydrogens (tertiary/aromatic N) is 1. The van der Waals surface area contributed by atoms with Gasteiger partial charge in [-0.05, 0) is 51.8 Å². The lowest BCUT2D eigenvalue weighted by atomic mass is 9.98. The molecule has 2 unspecified atom stereocenters. The van der Waals surface area contributed by atoms with E-state index in [2.05, 4.69) is 42.4 Å². The Bertz CT molecular complexity index is 474. The van der Waals surface area contributed by atoms with Crippen LogP contribution >= 0.6 is 0 Å². The first-order valence-electron chi connectivity index (χ1n) is 8.41. The van der Waals surface area contributed by atoms with Crippen LogP contribution in [0.25, 0.3) is 0 Å². The smallest absolute Gasteiger partial charge is 0.126 e. The summed E-state index contributed by atoms with van der Waals surface area (Å²) in [7, 11) is 2.26. The fraction of sp³-hybridized carbons (Fsp3) is 0.667. The van der Waals surface area contributed by atoms with Crippen molar-refractivity contribution < 1.29 is 4.74 Å². The van der Waals surface area contributed by atoms with Crippen molar-refractivity contribution in [3.8, 4) is 5.75 Å². The molecule has 2 aliphatic rings. The number of fused-ring (bicyclic) bond motifs is 1. The Balaban J connectivity index is 1.69. The lowest BCUT2D eigenvalue weighted by molar-refractivity contribution is 0.177. The maximum Gasteiger partial charge on any atom is 0.126 e. The van der Waals surface area contributed by atoms with Gasteiger partial charge in [0.2, 0.25) is 0 Å². The maximum absolute atomic E-state index is 5.97. The Hall–Kier alpha value is -1.06. The number of hydrogen-bond donors (Lipinski definition) is 1. The number of nitrogens with one attached hydrogen (secondary N) is 1. The average Bonchev–Trinajstić information content (AvgIpc) is 2.70. The van der Waals surface area contributed by atoms with Crippen molar-refractivity contribution >= 4 is 0 Å². The number of benzene rings is 1. The third kappa shape index (κ3) is 3.41. The van der Waals surface area contributed by atoms with Gasteiger partial charge in [0.1, 0.15) is 5.75 Å². The number of hydrogen-bond acceptors (Lipinski definition) is 3. The van der Waals surface area contributed by atoms with Crippen LogP contribution in [0.2, 0.25) is 0 Å². The van der Waals surface area contributed by atoms with Gasteiger partial charge in [0, 0.05) is 24.2 Å². The molecule has 2 heterocycles. The van der Waals surface area contributed by atoms with Crippen molar-refractivity contribution in [1.82, 2.24) is 10.2 Å². The second-order valence-corrected chi connectivity index (χ2v) is 6.57. The third-order valence-electron chi connectivity index (χ3n) is 5.02. The zero-order valence-corrected chi connectivity index (χ0v) is 13.4. The van der Waals surface area contributed by atoms with Crippen molar-refractivity contribution in [3.05, 3.63) is 29.3 Å². The normalized spacial score (nSPS) is 26.8. The number of para-hydroxylation sites is 1. The summed E-state index contributed by atoms with van der Waals surface area (Å²) in [6, 6.07) is 7.67. The van der Waals surface area contributed by atoms with E-state index >= 15 is 0 Å². The average molecular weight is 288 g/mol. The second-order valence-electron chi connectivity index (χ2n) is 6.57.